The molecule has 5 unspecified atom stereocenters. The van der Waals surface area contributed by atoms with E-state index in [1.165, 1.54) is 44.9 Å². The first-order valence-corrected chi connectivity index (χ1v) is 9.61. The number of nitrogens with one attached hydrogen (secondary N) is 1. The molecule has 2 nitrogen and oxygen atoms in total. The Bertz CT molecular complexity index is 256. The molecule has 1 N–H and O–H groups in total. The van der Waals surface area contributed by atoms with Crippen LogP contribution in [0.15, 0.2) is 0 Å². The highest BCUT2D eigenvalue weighted by molar-refractivity contribution is 4.97. The number of ether oxygens (including phenoxy) is 1. The molecule has 21 heavy (non-hydrogen) atoms. The van der Waals surface area contributed by atoms with Crippen LogP contribution in [0.1, 0.15) is 79.6 Å². The third-order valence-corrected chi connectivity index (χ3v) is 5.23. The van der Waals surface area contributed by atoms with E-state index in [4.69, 9.17) is 4.74 Å². The number of piperidine rings is 1. The summed E-state index contributed by atoms with van der Waals surface area (Å²) in [5, 5.41) is 3.95. The zero-order valence-corrected chi connectivity index (χ0v) is 15.2. The summed E-state index contributed by atoms with van der Waals surface area (Å²) < 4.78 is 5.77. The average Bonchev–Trinajstić information content (AvgIpc) is 2.76. The van der Waals surface area contributed by atoms with Crippen molar-refractivity contribution in [2.45, 2.75) is 91.6 Å². The lowest BCUT2D eigenvalue weighted by molar-refractivity contribution is 0.0162. The lowest BCUT2D eigenvalue weighted by Gasteiger charge is -2.48. The third kappa shape index (κ3) is 5.25. The van der Waals surface area contributed by atoms with Crippen molar-refractivity contribution in [3.8, 4) is 0 Å². The second-order valence-electron chi connectivity index (χ2n) is 6.78. The van der Waals surface area contributed by atoms with Crippen molar-refractivity contribution < 1.29 is 4.74 Å². The van der Waals surface area contributed by atoms with Gasteiger partial charge in [0.2, 0.25) is 0 Å². The Labute approximate surface area is 133 Å². The molecule has 1 saturated carbocycles. The van der Waals surface area contributed by atoms with Crippen LogP contribution < -0.4 is 5.32 Å². The van der Waals surface area contributed by atoms with E-state index < -0.39 is 0 Å². The van der Waals surface area contributed by atoms with E-state index in [-0.39, 0.29) is 0 Å². The van der Waals surface area contributed by atoms with E-state index in [0.29, 0.717) is 0 Å². The highest BCUT2D eigenvalue weighted by Gasteiger charge is 2.42. The van der Waals surface area contributed by atoms with Crippen molar-refractivity contribution in [3.05, 3.63) is 0 Å². The molecule has 0 aromatic carbocycles. The van der Waals surface area contributed by atoms with Crippen LogP contribution in [0.5, 0.6) is 0 Å². The SMILES string of the molecule is CC.CC1C2CCCCC2NC2CCCOCC21.CCC. The zero-order chi connectivity index (χ0) is 15.7. The molecule has 1 aliphatic carbocycles. The lowest BCUT2D eigenvalue weighted by atomic mass is 9.66. The number of hydrogen-bond donors (Lipinski definition) is 1. The highest BCUT2D eigenvalue weighted by atomic mass is 16.5. The van der Waals surface area contributed by atoms with Gasteiger partial charge in [-0.2, -0.15) is 0 Å². The fourth-order valence-electron chi connectivity index (χ4n) is 4.27. The van der Waals surface area contributed by atoms with Gasteiger partial charge in [-0.15, -0.1) is 0 Å². The third-order valence-electron chi connectivity index (χ3n) is 5.23. The van der Waals surface area contributed by atoms with E-state index in [2.05, 4.69) is 26.1 Å². The van der Waals surface area contributed by atoms with E-state index in [1.807, 2.05) is 13.8 Å². The Morgan fingerprint density at radius 2 is 1.48 bits per heavy atom. The van der Waals surface area contributed by atoms with Gasteiger partial charge in [-0.05, 0) is 37.5 Å². The zero-order valence-electron chi connectivity index (χ0n) is 15.2. The maximum absolute atomic E-state index is 5.77. The molecule has 3 rings (SSSR count). The van der Waals surface area contributed by atoms with Crippen LogP contribution in [-0.2, 0) is 4.74 Å². The average molecular weight is 298 g/mol. The maximum atomic E-state index is 5.77. The molecule has 0 aromatic heterocycles. The van der Waals surface area contributed by atoms with Crippen LogP contribution in [0.4, 0.5) is 0 Å². The minimum Gasteiger partial charge on any atom is -0.381 e. The first kappa shape index (κ1) is 19.0. The van der Waals surface area contributed by atoms with Crippen LogP contribution in [0, 0.1) is 17.8 Å². The van der Waals surface area contributed by atoms with Crippen molar-refractivity contribution in [2.24, 2.45) is 17.8 Å². The summed E-state index contributed by atoms with van der Waals surface area (Å²) in [5.41, 5.74) is 0. The summed E-state index contributed by atoms with van der Waals surface area (Å²) >= 11 is 0. The van der Waals surface area contributed by atoms with Gasteiger partial charge in [-0.1, -0.05) is 53.9 Å². The van der Waals surface area contributed by atoms with Gasteiger partial charge in [0.1, 0.15) is 0 Å². The fourth-order valence-corrected chi connectivity index (χ4v) is 4.27. The topological polar surface area (TPSA) is 21.3 Å². The monoisotopic (exact) mass is 297 g/mol. The first-order valence-electron chi connectivity index (χ1n) is 9.61. The van der Waals surface area contributed by atoms with Gasteiger partial charge in [0.25, 0.3) is 0 Å². The second kappa shape index (κ2) is 10.6. The Balaban J connectivity index is 0.000000395. The smallest absolute Gasteiger partial charge is 0.0511 e. The van der Waals surface area contributed by atoms with Gasteiger partial charge in [0.05, 0.1) is 6.61 Å². The van der Waals surface area contributed by atoms with Crippen LogP contribution >= 0.6 is 0 Å². The van der Waals surface area contributed by atoms with Crippen molar-refractivity contribution in [1.29, 1.82) is 0 Å². The first-order chi connectivity index (χ1) is 10.3. The summed E-state index contributed by atoms with van der Waals surface area (Å²) in [6.45, 7) is 12.7. The molecule has 2 heterocycles. The molecule has 2 saturated heterocycles. The van der Waals surface area contributed by atoms with Crippen LogP contribution in [0.25, 0.3) is 0 Å². The normalized spacial score (nSPS) is 38.4. The van der Waals surface area contributed by atoms with Crippen molar-refractivity contribution in [2.75, 3.05) is 13.2 Å². The molecular formula is C19H39NO. The molecule has 3 aliphatic rings. The molecule has 2 heteroatoms. The molecular weight excluding hydrogens is 258 g/mol. The van der Waals surface area contributed by atoms with Gasteiger partial charge >= 0.3 is 0 Å². The molecule has 0 amide bonds. The highest BCUT2D eigenvalue weighted by Crippen LogP contribution is 2.41. The maximum Gasteiger partial charge on any atom is 0.0511 e. The van der Waals surface area contributed by atoms with Crippen molar-refractivity contribution in [1.82, 2.24) is 5.32 Å². The second-order valence-corrected chi connectivity index (χ2v) is 6.78. The standard InChI is InChI=1S/C14H25NO.C3H8.C2H6/c1-10-11-5-2-3-6-13(11)15-14-7-4-8-16-9-12(10)14;1-3-2;1-2/h10-15H,2-9H2,1H3;3H2,1-2H3;1-2H3. The molecule has 0 radical (unpaired) electrons. The Morgan fingerprint density at radius 1 is 0.905 bits per heavy atom. The predicted molar refractivity (Wildman–Crippen MR) is 92.7 cm³/mol. The van der Waals surface area contributed by atoms with E-state index in [9.17, 15) is 0 Å². The van der Waals surface area contributed by atoms with Gasteiger partial charge in [-0.25, -0.2) is 0 Å². The summed E-state index contributed by atoms with van der Waals surface area (Å²) in [5.74, 6) is 2.58. The summed E-state index contributed by atoms with van der Waals surface area (Å²) in [6, 6.07) is 1.57. The lowest BCUT2D eigenvalue weighted by Crippen LogP contribution is -2.57. The van der Waals surface area contributed by atoms with Gasteiger partial charge < -0.3 is 10.1 Å². The van der Waals surface area contributed by atoms with Crippen molar-refractivity contribution in [3.63, 3.8) is 0 Å². The molecule has 0 bridgehead atoms. The predicted octanol–water partition coefficient (Wildman–Crippen LogP) is 5.02. The van der Waals surface area contributed by atoms with Crippen LogP contribution in [-0.4, -0.2) is 25.3 Å². The quantitative estimate of drug-likeness (QED) is 0.677. The largest absolute Gasteiger partial charge is 0.381 e. The number of rotatable bonds is 0. The molecule has 5 atom stereocenters. The van der Waals surface area contributed by atoms with Gasteiger partial charge in [-0.3, -0.25) is 0 Å². The van der Waals surface area contributed by atoms with Crippen LogP contribution in [0.2, 0.25) is 0 Å². The Kier molecular flexibility index (Phi) is 9.59. The molecule has 2 aliphatic heterocycles. The van der Waals surface area contributed by atoms with Gasteiger partial charge in [0.15, 0.2) is 0 Å². The fraction of sp³-hybridized carbons (Fsp3) is 1.00. The number of fused-ring (bicyclic) bond motifs is 2. The van der Waals surface area contributed by atoms with Gasteiger partial charge in [0, 0.05) is 24.6 Å². The summed E-state index contributed by atoms with van der Waals surface area (Å²) in [7, 11) is 0. The Morgan fingerprint density at radius 3 is 2.19 bits per heavy atom. The van der Waals surface area contributed by atoms with Crippen molar-refractivity contribution >= 4 is 0 Å². The number of hydrogen-bond acceptors (Lipinski definition) is 2. The minimum absolute atomic E-state index is 0.747. The summed E-state index contributed by atoms with van der Waals surface area (Å²) in [6.07, 6.45) is 9.58. The van der Waals surface area contributed by atoms with E-state index in [1.54, 1.807) is 0 Å². The molecule has 3 fully saturated rings. The van der Waals surface area contributed by atoms with E-state index in [0.717, 1.165) is 43.1 Å². The molecule has 0 aromatic rings. The Hall–Kier alpha value is -0.0800. The molecule has 126 valence electrons. The van der Waals surface area contributed by atoms with Crippen LogP contribution in [0.3, 0.4) is 0 Å². The van der Waals surface area contributed by atoms with E-state index >= 15 is 0 Å². The minimum atomic E-state index is 0.747. The molecule has 0 spiro atoms. The summed E-state index contributed by atoms with van der Waals surface area (Å²) in [4.78, 5) is 0.